The maximum atomic E-state index is 15.5. The van der Waals surface area contributed by atoms with Gasteiger partial charge in [-0.05, 0) is 88.1 Å². The van der Waals surface area contributed by atoms with Crippen molar-refractivity contribution in [3.63, 3.8) is 0 Å². The Hall–Kier alpha value is -4.39. The molecule has 7 aliphatic rings. The highest BCUT2D eigenvalue weighted by molar-refractivity contribution is 7.53. The molecule has 4 N–H and O–H groups in total. The second-order valence-electron chi connectivity index (χ2n) is 20.0. The van der Waals surface area contributed by atoms with Crippen molar-refractivity contribution < 1.29 is 62.0 Å². The molecule has 69 heavy (non-hydrogen) atoms. The van der Waals surface area contributed by atoms with Gasteiger partial charge in [0.05, 0.1) is 45.2 Å². The van der Waals surface area contributed by atoms with Crippen LogP contribution in [-0.4, -0.2) is 163 Å². The van der Waals surface area contributed by atoms with E-state index in [0.29, 0.717) is 81.8 Å². The zero-order chi connectivity index (χ0) is 49.3. The number of carbonyl (C=O) groups is 4. The van der Waals surface area contributed by atoms with Crippen LogP contribution in [0.5, 0.6) is 0 Å². The molecule has 5 aliphatic heterocycles. The summed E-state index contributed by atoms with van der Waals surface area (Å²) in [4.78, 5) is 68.1. The zero-order valence-corrected chi connectivity index (χ0v) is 41.6. The van der Waals surface area contributed by atoms with E-state index in [2.05, 4.69) is 26.2 Å². The predicted octanol–water partition coefficient (Wildman–Crippen LogP) is 4.55. The quantitative estimate of drug-likeness (QED) is 0.0672. The lowest BCUT2D eigenvalue weighted by atomic mass is 9.47. The van der Waals surface area contributed by atoms with E-state index >= 15 is 4.79 Å². The van der Waals surface area contributed by atoms with E-state index in [9.17, 15) is 29.2 Å². The number of H-pyrrole nitrogens is 1. The van der Waals surface area contributed by atoms with Gasteiger partial charge in [0.15, 0.2) is 6.10 Å². The topological polar surface area (TPSA) is 219 Å². The molecule has 1 aromatic heterocycles. The summed E-state index contributed by atoms with van der Waals surface area (Å²) in [5, 5.41) is 29.2. The number of carbonyl (C=O) groups excluding carboxylic acids is 4. The molecule has 3 saturated heterocycles. The first-order valence-electron chi connectivity index (χ1n) is 24.5. The molecule has 1 spiro atoms. The molecule has 19 heteroatoms. The molecular formula is C50H68N5O13P. The van der Waals surface area contributed by atoms with Crippen LogP contribution < -0.4 is 5.32 Å². The molecule has 1 saturated carbocycles. The van der Waals surface area contributed by atoms with E-state index < -0.39 is 89.6 Å². The first-order valence-corrected chi connectivity index (χ1v) is 26.2. The summed E-state index contributed by atoms with van der Waals surface area (Å²) in [6.45, 7) is 10.1. The molecule has 0 radical (unpaired) electrons. The molecule has 2 amide bonds. The molecule has 2 bridgehead atoms. The van der Waals surface area contributed by atoms with Crippen LogP contribution in [-0.2, 0) is 58.8 Å². The highest BCUT2D eigenvalue weighted by Gasteiger charge is 2.82. The van der Waals surface area contributed by atoms with Gasteiger partial charge in [-0.25, -0.2) is 9.59 Å². The predicted molar refractivity (Wildman–Crippen MR) is 253 cm³/mol. The van der Waals surface area contributed by atoms with E-state index in [4.69, 9.17) is 28.0 Å². The molecule has 9 rings (SSSR count). The Morgan fingerprint density at radius 2 is 1.70 bits per heavy atom. The van der Waals surface area contributed by atoms with Crippen molar-refractivity contribution in [2.24, 2.45) is 22.7 Å². The Balaban J connectivity index is 1.27. The summed E-state index contributed by atoms with van der Waals surface area (Å²) in [5.41, 5.74) is -4.10. The third-order valence-corrected chi connectivity index (χ3v) is 18.8. The number of aromatic nitrogens is 1. The molecule has 376 valence electrons. The molecule has 3 unspecified atom stereocenters. The van der Waals surface area contributed by atoms with E-state index in [0.717, 1.165) is 23.6 Å². The molecule has 2 aromatic rings. The molecule has 4 fully saturated rings. The number of alkyl carbamates (subject to hydrolysis) is 1. The lowest BCUT2D eigenvalue weighted by Gasteiger charge is -2.63. The van der Waals surface area contributed by atoms with Crippen molar-refractivity contribution in [2.75, 3.05) is 73.6 Å². The Kier molecular flexibility index (Phi) is 13.2. The van der Waals surface area contributed by atoms with Gasteiger partial charge >= 0.3 is 25.6 Å². The van der Waals surface area contributed by atoms with E-state index in [1.165, 1.54) is 12.0 Å². The number of hydrogen-bond donors (Lipinski definition) is 4. The summed E-state index contributed by atoms with van der Waals surface area (Å²) in [7, 11) is 0.273. The number of nitrogens with zero attached hydrogens (tertiary/aromatic N) is 3. The van der Waals surface area contributed by atoms with Gasteiger partial charge in [0, 0.05) is 78.4 Å². The molecule has 18 nitrogen and oxygen atoms in total. The number of hydrogen-bond acceptors (Lipinski definition) is 15. The van der Waals surface area contributed by atoms with Gasteiger partial charge in [-0.1, -0.05) is 50.3 Å². The standard InChI is InChI=1S/C50H68N5O13P/c1-8-46(60)25-31-26-49(43(57)64-6,39-33(17-21-53(27-31)28-46)32-15-12-13-16-36(32)52-39)35-23-34-37(24-38(35)63-5)55(30-56)41-48(34)19-22-54-20-14-18-47(9-2,40(48)54)42(50(41,61)44(58)65-7)68-45(59)51-29-69(62,66-10-3)67-11-4/h12-16,18,23-24,30-31,35,38,40-42,52,60-61H,8-11,17,19-22,25-29H2,1-7H3,(H,51,59)/t31-,35?,38?,40-,41+,42+,46-,47+,48+,49-,50-/m0/s1. The molecule has 1 aromatic carbocycles. The Morgan fingerprint density at radius 1 is 0.957 bits per heavy atom. The molecule has 6 heterocycles. The van der Waals surface area contributed by atoms with Crippen LogP contribution in [0, 0.1) is 22.7 Å². The number of methoxy groups -OCH3 is 3. The third-order valence-electron chi connectivity index (χ3n) is 16.9. The van der Waals surface area contributed by atoms with Gasteiger partial charge in [-0.15, -0.1) is 0 Å². The van der Waals surface area contributed by atoms with Crippen molar-refractivity contribution in [3.05, 3.63) is 71.1 Å². The number of benzene rings is 1. The number of aromatic amines is 1. The molecule has 12 atom stereocenters. The number of para-hydroxylation sites is 1. The lowest BCUT2D eigenvalue weighted by molar-refractivity contribution is -0.234. The highest BCUT2D eigenvalue weighted by atomic mass is 31.2. The normalized spacial score (nSPS) is 36.9. The highest BCUT2D eigenvalue weighted by Crippen LogP contribution is 2.70. The van der Waals surface area contributed by atoms with E-state index in [-0.39, 0.29) is 32.0 Å². The SMILES string of the molecule is CCOP(=O)(CNC(=O)O[C@@H]1[C@]2(CC)C=CCN3CC[C@@]4(C5=CC([C@@]6(C(=O)OC)C[C@H]7CN(CCc8c6[nH]c6ccccc86)C[C@](O)(CC)C7)C(OC)C=C5N(C=O)[C@H]4[C@@]1(O)C(=O)OC)[C@@H]32)OCC. The van der Waals surface area contributed by atoms with Crippen LogP contribution in [0.1, 0.15) is 71.1 Å². The van der Waals surface area contributed by atoms with E-state index in [1.807, 2.05) is 56.4 Å². The van der Waals surface area contributed by atoms with Crippen LogP contribution in [0.3, 0.4) is 0 Å². The van der Waals surface area contributed by atoms with Gasteiger partial charge in [0.1, 0.15) is 11.7 Å². The second-order valence-corrected chi connectivity index (χ2v) is 22.1. The van der Waals surface area contributed by atoms with Gasteiger partial charge < -0.3 is 53.4 Å². The van der Waals surface area contributed by atoms with Crippen LogP contribution in [0.2, 0.25) is 0 Å². The number of amides is 2. The number of fused-ring (bicyclic) bond motifs is 6. The Bertz CT molecular complexity index is 2500. The summed E-state index contributed by atoms with van der Waals surface area (Å²) in [6.07, 6.45) is 6.60. The van der Waals surface area contributed by atoms with Crippen LogP contribution in [0.25, 0.3) is 10.9 Å². The van der Waals surface area contributed by atoms with Gasteiger partial charge in [0.2, 0.25) is 12.0 Å². The second kappa shape index (κ2) is 18.3. The Morgan fingerprint density at radius 3 is 2.36 bits per heavy atom. The van der Waals surface area contributed by atoms with Crippen molar-refractivity contribution in [3.8, 4) is 0 Å². The number of nitrogens with one attached hydrogen (secondary N) is 2. The fraction of sp³-hybridized carbons (Fsp3) is 0.640. The van der Waals surface area contributed by atoms with Gasteiger partial charge in [-0.2, -0.15) is 0 Å². The first kappa shape index (κ1) is 49.6. The van der Waals surface area contributed by atoms with Crippen molar-refractivity contribution >= 4 is 42.9 Å². The van der Waals surface area contributed by atoms with Crippen LogP contribution in [0.15, 0.2) is 59.8 Å². The average Bonchev–Trinajstić information content (AvgIpc) is 4.03. The number of esters is 2. The van der Waals surface area contributed by atoms with Crippen molar-refractivity contribution in [1.29, 1.82) is 0 Å². The number of aliphatic hydroxyl groups is 2. The summed E-state index contributed by atoms with van der Waals surface area (Å²) in [5.74, 6) is -2.57. The largest absolute Gasteiger partial charge is 0.468 e. The summed E-state index contributed by atoms with van der Waals surface area (Å²) < 4.78 is 48.5. The minimum absolute atomic E-state index is 0.0484. The monoisotopic (exact) mass is 977 g/mol. The number of rotatable bonds is 14. The molecular weight excluding hydrogens is 910 g/mol. The van der Waals surface area contributed by atoms with Gasteiger partial charge in [0.25, 0.3) is 0 Å². The number of ether oxygens (including phenoxy) is 4. The zero-order valence-electron chi connectivity index (χ0n) is 40.7. The minimum atomic E-state index is -3.81. The van der Waals surface area contributed by atoms with Crippen LogP contribution in [0.4, 0.5) is 4.79 Å². The van der Waals surface area contributed by atoms with Crippen molar-refractivity contribution in [2.45, 2.75) is 107 Å². The van der Waals surface area contributed by atoms with E-state index in [1.54, 1.807) is 21.0 Å². The lowest BCUT2D eigenvalue weighted by Crippen LogP contribution is -2.80. The maximum Gasteiger partial charge on any atom is 0.408 e. The number of allylic oxidation sites excluding steroid dienone is 1. The fourth-order valence-corrected chi connectivity index (χ4v) is 15.8. The summed E-state index contributed by atoms with van der Waals surface area (Å²) >= 11 is 0. The average molecular weight is 978 g/mol. The maximum absolute atomic E-state index is 15.5. The van der Waals surface area contributed by atoms with Crippen molar-refractivity contribution in [1.82, 2.24) is 25.0 Å². The fourth-order valence-electron chi connectivity index (χ4n) is 14.5. The number of likely N-dealkylation sites (tertiary alicyclic amines) is 1. The summed E-state index contributed by atoms with van der Waals surface area (Å²) in [6, 6.07) is 6.01. The minimum Gasteiger partial charge on any atom is -0.468 e. The smallest absolute Gasteiger partial charge is 0.408 e. The van der Waals surface area contributed by atoms with Crippen LogP contribution >= 0.6 is 7.60 Å². The Labute approximate surface area is 403 Å². The number of piperidine rings is 1. The first-order chi connectivity index (χ1) is 33.1. The third kappa shape index (κ3) is 7.32. The molecule has 2 aliphatic carbocycles. The van der Waals surface area contributed by atoms with Gasteiger partial charge in [-0.3, -0.25) is 24.0 Å².